The Morgan fingerprint density at radius 1 is 1.29 bits per heavy atom. The highest BCUT2D eigenvalue weighted by molar-refractivity contribution is 9.10. The summed E-state index contributed by atoms with van der Waals surface area (Å²) in [6, 6.07) is 10.1. The van der Waals surface area contributed by atoms with Gasteiger partial charge in [-0.15, -0.1) is 0 Å². The summed E-state index contributed by atoms with van der Waals surface area (Å²) < 4.78 is 8.33. The van der Waals surface area contributed by atoms with Crippen LogP contribution in [-0.4, -0.2) is 21.4 Å². The molecule has 3 rings (SSSR count). The number of pyridine rings is 1. The molecular weight excluding hydrogens is 334 g/mol. The second kappa shape index (κ2) is 5.00. The zero-order valence-corrected chi connectivity index (χ0v) is 13.4. The van der Waals surface area contributed by atoms with Gasteiger partial charge in [-0.1, -0.05) is 22.0 Å². The molecule has 21 heavy (non-hydrogen) atoms. The average molecular weight is 350 g/mol. The fourth-order valence-corrected chi connectivity index (χ4v) is 3.09. The maximum absolute atomic E-state index is 12.2. The van der Waals surface area contributed by atoms with Gasteiger partial charge in [0.2, 0.25) is 0 Å². The molecule has 0 saturated carbocycles. The largest absolute Gasteiger partial charge is 0.485 e. The van der Waals surface area contributed by atoms with E-state index < -0.39 is 17.7 Å². The molecule has 0 radical (unpaired) electrons. The van der Waals surface area contributed by atoms with Crippen molar-refractivity contribution < 1.29 is 9.84 Å². The van der Waals surface area contributed by atoms with Crippen LogP contribution in [0.5, 0.6) is 5.75 Å². The zero-order valence-electron chi connectivity index (χ0n) is 11.8. The number of aromatic nitrogens is 1. The SMILES string of the molecule is CC1(C)Oc2ccc(Br)cc2[C@H](n2ccccc2=O)[C@H]1O. The number of aliphatic hydroxyl groups is 1. The van der Waals surface area contributed by atoms with Crippen LogP contribution >= 0.6 is 15.9 Å². The second-order valence-corrected chi connectivity index (χ2v) is 6.64. The Morgan fingerprint density at radius 2 is 2.05 bits per heavy atom. The Hall–Kier alpha value is -1.59. The summed E-state index contributed by atoms with van der Waals surface area (Å²) in [6.45, 7) is 3.65. The van der Waals surface area contributed by atoms with Crippen molar-refractivity contribution in [3.8, 4) is 5.75 Å². The second-order valence-electron chi connectivity index (χ2n) is 5.72. The molecule has 1 N–H and O–H groups in total. The molecule has 0 bridgehead atoms. The predicted octanol–water partition coefficient (Wildman–Crippen LogP) is 2.73. The highest BCUT2D eigenvalue weighted by Gasteiger charge is 2.44. The lowest BCUT2D eigenvalue weighted by atomic mass is 9.86. The third-order valence-corrected chi connectivity index (χ3v) is 4.32. The van der Waals surface area contributed by atoms with E-state index in [0.29, 0.717) is 5.75 Å². The molecule has 2 heterocycles. The first-order chi connectivity index (χ1) is 9.90. The van der Waals surface area contributed by atoms with Gasteiger partial charge in [-0.2, -0.15) is 0 Å². The average Bonchev–Trinajstić information content (AvgIpc) is 2.42. The van der Waals surface area contributed by atoms with Crippen LogP contribution in [0.4, 0.5) is 0 Å². The quantitative estimate of drug-likeness (QED) is 0.861. The number of halogens is 1. The van der Waals surface area contributed by atoms with Crippen LogP contribution in [0.2, 0.25) is 0 Å². The molecule has 2 atom stereocenters. The number of hydrogen-bond donors (Lipinski definition) is 1. The van der Waals surface area contributed by atoms with Crippen LogP contribution < -0.4 is 10.3 Å². The van der Waals surface area contributed by atoms with E-state index in [9.17, 15) is 9.90 Å². The summed E-state index contributed by atoms with van der Waals surface area (Å²) in [6.07, 6.45) is 0.863. The van der Waals surface area contributed by atoms with Gasteiger partial charge in [0.25, 0.3) is 5.56 Å². The minimum absolute atomic E-state index is 0.148. The first-order valence-electron chi connectivity index (χ1n) is 6.74. The van der Waals surface area contributed by atoms with Crippen LogP contribution in [-0.2, 0) is 0 Å². The lowest BCUT2D eigenvalue weighted by Gasteiger charge is -2.42. The van der Waals surface area contributed by atoms with Gasteiger partial charge in [0.15, 0.2) is 0 Å². The molecule has 1 aliphatic heterocycles. The van der Waals surface area contributed by atoms with Crippen molar-refractivity contribution in [1.82, 2.24) is 4.57 Å². The van der Waals surface area contributed by atoms with E-state index >= 15 is 0 Å². The summed E-state index contributed by atoms with van der Waals surface area (Å²) in [7, 11) is 0. The Labute approximate surface area is 131 Å². The van der Waals surface area contributed by atoms with Crippen molar-refractivity contribution in [3.63, 3.8) is 0 Å². The van der Waals surface area contributed by atoms with Crippen molar-refractivity contribution in [2.45, 2.75) is 31.6 Å². The van der Waals surface area contributed by atoms with Gasteiger partial charge in [0.05, 0.1) is 6.04 Å². The van der Waals surface area contributed by atoms with Crippen LogP contribution in [0.25, 0.3) is 0 Å². The van der Waals surface area contributed by atoms with Gasteiger partial charge >= 0.3 is 0 Å². The lowest BCUT2D eigenvalue weighted by Crippen LogP contribution is -2.52. The third kappa shape index (κ3) is 2.40. The zero-order chi connectivity index (χ0) is 15.2. The molecule has 2 aromatic rings. The summed E-state index contributed by atoms with van der Waals surface area (Å²) in [5.74, 6) is 0.689. The Kier molecular flexibility index (Phi) is 3.42. The maximum atomic E-state index is 12.2. The Balaban J connectivity index is 2.25. The van der Waals surface area contributed by atoms with Gasteiger partial charge < -0.3 is 14.4 Å². The van der Waals surface area contributed by atoms with Gasteiger partial charge in [0, 0.05) is 22.3 Å². The molecular formula is C16H16BrNO3. The van der Waals surface area contributed by atoms with Gasteiger partial charge in [-0.25, -0.2) is 0 Å². The Bertz CT molecular complexity index is 738. The molecule has 1 aliphatic rings. The molecule has 0 fully saturated rings. The number of hydrogen-bond acceptors (Lipinski definition) is 3. The third-order valence-electron chi connectivity index (χ3n) is 3.83. The van der Waals surface area contributed by atoms with E-state index in [0.717, 1.165) is 10.0 Å². The molecule has 1 aromatic heterocycles. The number of ether oxygens (including phenoxy) is 1. The van der Waals surface area contributed by atoms with Crippen molar-refractivity contribution in [1.29, 1.82) is 0 Å². The molecule has 4 nitrogen and oxygen atoms in total. The van der Waals surface area contributed by atoms with Gasteiger partial charge in [-0.3, -0.25) is 4.79 Å². The standard InChI is InChI=1S/C16H16BrNO3/c1-16(2)15(20)14(18-8-4-3-5-13(18)19)11-9-10(17)6-7-12(11)21-16/h3-9,14-15,20H,1-2H3/t14-,15+/m0/s1. The smallest absolute Gasteiger partial charge is 0.251 e. The topological polar surface area (TPSA) is 51.5 Å². The van der Waals surface area contributed by atoms with Gasteiger partial charge in [0.1, 0.15) is 17.5 Å². The molecule has 0 saturated heterocycles. The number of aliphatic hydroxyl groups excluding tert-OH is 1. The fraction of sp³-hybridized carbons (Fsp3) is 0.312. The summed E-state index contributed by atoms with van der Waals surface area (Å²) in [4.78, 5) is 12.2. The predicted molar refractivity (Wildman–Crippen MR) is 83.7 cm³/mol. The van der Waals surface area contributed by atoms with E-state index in [1.54, 1.807) is 22.9 Å². The molecule has 0 spiro atoms. The number of rotatable bonds is 1. The van der Waals surface area contributed by atoms with Crippen LogP contribution in [0.1, 0.15) is 25.5 Å². The summed E-state index contributed by atoms with van der Waals surface area (Å²) in [5, 5.41) is 10.7. The van der Waals surface area contributed by atoms with E-state index in [-0.39, 0.29) is 5.56 Å². The number of fused-ring (bicyclic) bond motifs is 1. The van der Waals surface area contributed by atoms with Crippen molar-refractivity contribution >= 4 is 15.9 Å². The first-order valence-corrected chi connectivity index (χ1v) is 7.53. The van der Waals surface area contributed by atoms with Crippen molar-refractivity contribution in [3.05, 3.63) is 63.0 Å². The van der Waals surface area contributed by atoms with E-state index in [4.69, 9.17) is 4.74 Å². The number of nitrogens with zero attached hydrogens (tertiary/aromatic N) is 1. The molecule has 0 aliphatic carbocycles. The molecule has 5 heteroatoms. The summed E-state index contributed by atoms with van der Waals surface area (Å²) >= 11 is 3.43. The van der Waals surface area contributed by atoms with Crippen LogP contribution in [0.15, 0.2) is 51.9 Å². The minimum Gasteiger partial charge on any atom is -0.485 e. The van der Waals surface area contributed by atoms with E-state index in [2.05, 4.69) is 15.9 Å². The highest BCUT2D eigenvalue weighted by Crippen LogP contribution is 2.42. The van der Waals surface area contributed by atoms with E-state index in [1.807, 2.05) is 32.0 Å². The highest BCUT2D eigenvalue weighted by atomic mass is 79.9. The number of benzene rings is 1. The Morgan fingerprint density at radius 3 is 2.76 bits per heavy atom. The fourth-order valence-electron chi connectivity index (χ4n) is 2.71. The maximum Gasteiger partial charge on any atom is 0.251 e. The van der Waals surface area contributed by atoms with Crippen LogP contribution in [0.3, 0.4) is 0 Å². The van der Waals surface area contributed by atoms with E-state index in [1.165, 1.54) is 6.07 Å². The minimum atomic E-state index is -0.834. The monoisotopic (exact) mass is 349 g/mol. The summed E-state index contributed by atoms with van der Waals surface area (Å²) in [5.41, 5.74) is -0.129. The first kappa shape index (κ1) is 14.4. The van der Waals surface area contributed by atoms with Crippen LogP contribution in [0, 0.1) is 0 Å². The molecule has 0 amide bonds. The van der Waals surface area contributed by atoms with Crippen molar-refractivity contribution in [2.24, 2.45) is 0 Å². The van der Waals surface area contributed by atoms with Crippen molar-refractivity contribution in [2.75, 3.05) is 0 Å². The molecule has 0 unspecified atom stereocenters. The molecule has 1 aromatic carbocycles. The molecule has 110 valence electrons. The normalized spacial score (nSPS) is 23.2. The lowest BCUT2D eigenvalue weighted by molar-refractivity contribution is -0.0643. The van der Waals surface area contributed by atoms with Gasteiger partial charge in [-0.05, 0) is 38.1 Å².